The second kappa shape index (κ2) is 8.15. The van der Waals surface area contributed by atoms with Gasteiger partial charge in [0.15, 0.2) is 6.61 Å². The molecule has 0 aliphatic heterocycles. The third-order valence-corrected chi connectivity index (χ3v) is 4.46. The standard InChI is InChI=1S/C18H25NO5/c1-11-7-14(8-12(2)17(11)24-10-16(21)22)18(23)19-9-13-5-3-4-6-15(13)20/h7-8,13,15,20H,3-6,9-10H2,1-2H3,(H,19,23)(H,21,22)/t13-,15-/m1/s1. The summed E-state index contributed by atoms with van der Waals surface area (Å²) >= 11 is 0. The normalized spacial score (nSPS) is 20.5. The van der Waals surface area contributed by atoms with Crippen LogP contribution in [0.3, 0.4) is 0 Å². The van der Waals surface area contributed by atoms with Crippen LogP contribution in [-0.4, -0.2) is 41.3 Å². The van der Waals surface area contributed by atoms with E-state index in [1.54, 1.807) is 26.0 Å². The molecule has 24 heavy (non-hydrogen) atoms. The summed E-state index contributed by atoms with van der Waals surface area (Å²) in [7, 11) is 0. The van der Waals surface area contributed by atoms with E-state index in [0.717, 1.165) is 36.8 Å². The fourth-order valence-corrected chi connectivity index (χ4v) is 3.19. The molecule has 132 valence electrons. The summed E-state index contributed by atoms with van der Waals surface area (Å²) in [5.74, 6) is -0.620. The van der Waals surface area contributed by atoms with Gasteiger partial charge in [-0.2, -0.15) is 0 Å². The van der Waals surface area contributed by atoms with Crippen LogP contribution >= 0.6 is 0 Å². The van der Waals surface area contributed by atoms with E-state index in [-0.39, 0.29) is 17.9 Å². The summed E-state index contributed by atoms with van der Waals surface area (Å²) in [6.45, 7) is 3.62. The largest absolute Gasteiger partial charge is 0.481 e. The molecular weight excluding hydrogens is 310 g/mol. The molecule has 1 saturated carbocycles. The molecule has 6 heteroatoms. The van der Waals surface area contributed by atoms with Gasteiger partial charge < -0.3 is 20.3 Å². The molecule has 6 nitrogen and oxygen atoms in total. The monoisotopic (exact) mass is 335 g/mol. The number of benzene rings is 1. The zero-order valence-electron chi connectivity index (χ0n) is 14.2. The van der Waals surface area contributed by atoms with E-state index >= 15 is 0 Å². The van der Waals surface area contributed by atoms with Gasteiger partial charge in [0.05, 0.1) is 6.10 Å². The van der Waals surface area contributed by atoms with Gasteiger partial charge in [-0.25, -0.2) is 4.79 Å². The fraction of sp³-hybridized carbons (Fsp3) is 0.556. The highest BCUT2D eigenvalue weighted by atomic mass is 16.5. The van der Waals surface area contributed by atoms with Crippen LogP contribution in [0.2, 0.25) is 0 Å². The number of aliphatic carboxylic acids is 1. The Morgan fingerprint density at radius 3 is 2.42 bits per heavy atom. The second-order valence-electron chi connectivity index (χ2n) is 6.44. The van der Waals surface area contributed by atoms with Gasteiger partial charge in [0.25, 0.3) is 5.91 Å². The highest BCUT2D eigenvalue weighted by Crippen LogP contribution is 2.26. The second-order valence-corrected chi connectivity index (χ2v) is 6.44. The quantitative estimate of drug-likeness (QED) is 0.739. The first kappa shape index (κ1) is 18.3. The average molecular weight is 335 g/mol. The Bertz CT molecular complexity index is 590. The van der Waals surface area contributed by atoms with Crippen molar-refractivity contribution in [2.45, 2.75) is 45.6 Å². The molecule has 1 amide bonds. The number of aliphatic hydroxyl groups excluding tert-OH is 1. The van der Waals surface area contributed by atoms with Crippen LogP contribution in [0.25, 0.3) is 0 Å². The summed E-state index contributed by atoms with van der Waals surface area (Å²) in [6, 6.07) is 3.38. The SMILES string of the molecule is Cc1cc(C(=O)NC[C@H]2CCCC[C@H]2O)cc(C)c1OCC(=O)O. The van der Waals surface area contributed by atoms with Crippen molar-refractivity contribution in [3.8, 4) is 5.75 Å². The number of carboxylic acids is 1. The van der Waals surface area contributed by atoms with Crippen molar-refractivity contribution in [1.82, 2.24) is 5.32 Å². The minimum absolute atomic E-state index is 0.114. The lowest BCUT2D eigenvalue weighted by Crippen LogP contribution is -2.36. The maximum atomic E-state index is 12.3. The Balaban J connectivity index is 2.00. The first-order chi connectivity index (χ1) is 11.4. The third-order valence-electron chi connectivity index (χ3n) is 4.46. The van der Waals surface area contributed by atoms with Crippen LogP contribution in [-0.2, 0) is 4.79 Å². The average Bonchev–Trinajstić information content (AvgIpc) is 2.52. The van der Waals surface area contributed by atoms with E-state index in [4.69, 9.17) is 9.84 Å². The maximum Gasteiger partial charge on any atom is 0.341 e. The Morgan fingerprint density at radius 2 is 1.83 bits per heavy atom. The van der Waals surface area contributed by atoms with Crippen molar-refractivity contribution in [3.05, 3.63) is 28.8 Å². The molecule has 0 radical (unpaired) electrons. The van der Waals surface area contributed by atoms with Gasteiger partial charge >= 0.3 is 5.97 Å². The topological polar surface area (TPSA) is 95.9 Å². The highest BCUT2D eigenvalue weighted by Gasteiger charge is 2.23. The van der Waals surface area contributed by atoms with Gasteiger partial charge in [-0.05, 0) is 49.9 Å². The molecule has 0 spiro atoms. The van der Waals surface area contributed by atoms with Crippen LogP contribution in [0.4, 0.5) is 0 Å². The van der Waals surface area contributed by atoms with Crippen molar-refractivity contribution >= 4 is 11.9 Å². The van der Waals surface area contributed by atoms with Gasteiger partial charge in [0.1, 0.15) is 5.75 Å². The molecule has 0 aromatic heterocycles. The van der Waals surface area contributed by atoms with Crippen LogP contribution in [0.15, 0.2) is 12.1 Å². The van der Waals surface area contributed by atoms with Gasteiger partial charge in [-0.3, -0.25) is 4.79 Å². The fourth-order valence-electron chi connectivity index (χ4n) is 3.19. The smallest absolute Gasteiger partial charge is 0.341 e. The predicted octanol–water partition coefficient (Wildman–Crippen LogP) is 2.05. The van der Waals surface area contributed by atoms with E-state index in [0.29, 0.717) is 17.9 Å². The molecule has 1 aromatic rings. The van der Waals surface area contributed by atoms with Crippen molar-refractivity contribution in [3.63, 3.8) is 0 Å². The molecule has 1 fully saturated rings. The lowest BCUT2D eigenvalue weighted by atomic mass is 9.86. The van der Waals surface area contributed by atoms with Crippen LogP contribution in [0, 0.1) is 19.8 Å². The van der Waals surface area contributed by atoms with Crippen LogP contribution in [0.1, 0.15) is 47.2 Å². The first-order valence-electron chi connectivity index (χ1n) is 8.30. The number of carboxylic acid groups (broad SMARTS) is 1. The van der Waals surface area contributed by atoms with E-state index < -0.39 is 12.6 Å². The van der Waals surface area contributed by atoms with Crippen molar-refractivity contribution < 1.29 is 24.5 Å². The number of nitrogens with one attached hydrogen (secondary N) is 1. The highest BCUT2D eigenvalue weighted by molar-refractivity contribution is 5.94. The molecular formula is C18H25NO5. The number of aryl methyl sites for hydroxylation is 2. The number of rotatable bonds is 6. The number of carbonyl (C=O) groups excluding carboxylic acids is 1. The van der Waals surface area contributed by atoms with E-state index in [1.165, 1.54) is 0 Å². The number of hydrogen-bond acceptors (Lipinski definition) is 4. The number of carbonyl (C=O) groups is 2. The van der Waals surface area contributed by atoms with E-state index in [2.05, 4.69) is 5.32 Å². The molecule has 3 N–H and O–H groups in total. The van der Waals surface area contributed by atoms with Gasteiger partial charge in [-0.15, -0.1) is 0 Å². The van der Waals surface area contributed by atoms with Crippen molar-refractivity contribution in [2.24, 2.45) is 5.92 Å². The Hall–Kier alpha value is -2.08. The molecule has 0 unspecified atom stereocenters. The molecule has 2 atom stereocenters. The Kier molecular flexibility index (Phi) is 6.20. The van der Waals surface area contributed by atoms with Gasteiger partial charge in [-0.1, -0.05) is 12.8 Å². The van der Waals surface area contributed by atoms with Gasteiger partial charge in [0, 0.05) is 18.0 Å². The van der Waals surface area contributed by atoms with Crippen LogP contribution in [0.5, 0.6) is 5.75 Å². The molecule has 1 aromatic carbocycles. The molecule has 2 rings (SSSR count). The zero-order valence-corrected chi connectivity index (χ0v) is 14.2. The summed E-state index contributed by atoms with van der Waals surface area (Å²) in [5, 5.41) is 21.6. The molecule has 1 aliphatic rings. The number of aliphatic hydroxyl groups is 1. The third kappa shape index (κ3) is 4.71. The summed E-state index contributed by atoms with van der Waals surface area (Å²) in [5.41, 5.74) is 1.95. The minimum Gasteiger partial charge on any atom is -0.481 e. The molecule has 0 bridgehead atoms. The van der Waals surface area contributed by atoms with Gasteiger partial charge in [0.2, 0.25) is 0 Å². The van der Waals surface area contributed by atoms with E-state index in [1.807, 2.05) is 0 Å². The Labute approximate surface area is 141 Å². The van der Waals surface area contributed by atoms with Crippen molar-refractivity contribution in [2.75, 3.05) is 13.2 Å². The van der Waals surface area contributed by atoms with Crippen LogP contribution < -0.4 is 10.1 Å². The van der Waals surface area contributed by atoms with E-state index in [9.17, 15) is 14.7 Å². The first-order valence-corrected chi connectivity index (χ1v) is 8.30. The zero-order chi connectivity index (χ0) is 17.7. The molecule has 0 saturated heterocycles. The summed E-state index contributed by atoms with van der Waals surface area (Å²) in [4.78, 5) is 23.0. The van der Waals surface area contributed by atoms with Crippen molar-refractivity contribution in [1.29, 1.82) is 0 Å². The predicted molar refractivity (Wildman–Crippen MR) is 89.3 cm³/mol. The number of ether oxygens (including phenoxy) is 1. The molecule has 0 heterocycles. The minimum atomic E-state index is -1.04. The Morgan fingerprint density at radius 1 is 1.21 bits per heavy atom. The molecule has 1 aliphatic carbocycles. The lowest BCUT2D eigenvalue weighted by molar-refractivity contribution is -0.139. The lowest BCUT2D eigenvalue weighted by Gasteiger charge is -2.27. The maximum absolute atomic E-state index is 12.3. The summed E-state index contributed by atoms with van der Waals surface area (Å²) in [6.07, 6.45) is 3.53. The number of hydrogen-bond donors (Lipinski definition) is 3. The number of amides is 1. The summed E-state index contributed by atoms with van der Waals surface area (Å²) < 4.78 is 5.27.